The molecule has 39 heavy (non-hydrogen) atoms. The van der Waals surface area contributed by atoms with Gasteiger partial charge in [-0.05, 0) is 30.7 Å². The molecule has 2 atom stereocenters. The molecule has 2 aromatic heterocycles. The number of hydrogen-bond acceptors (Lipinski definition) is 7. The average molecular weight is 582 g/mol. The van der Waals surface area contributed by atoms with Crippen LogP contribution >= 0.6 is 11.6 Å². The van der Waals surface area contributed by atoms with Gasteiger partial charge in [-0.2, -0.15) is 36.3 Å². The molecule has 0 aliphatic carbocycles. The molecule has 2 N–H and O–H groups in total. The first kappa shape index (κ1) is 29.7. The van der Waals surface area contributed by atoms with Gasteiger partial charge in [0.25, 0.3) is 5.56 Å². The minimum Gasteiger partial charge on any atom is -0.449 e. The second-order valence-electron chi connectivity index (χ2n) is 8.33. The molecule has 9 nitrogen and oxygen atoms in total. The first-order chi connectivity index (χ1) is 17.9. The summed E-state index contributed by atoms with van der Waals surface area (Å²) in [5, 5.41) is 19.2. The zero-order chi connectivity index (χ0) is 29.5. The second kappa shape index (κ2) is 10.4. The number of rotatable bonds is 6. The first-order valence-corrected chi connectivity index (χ1v) is 11.0. The minimum atomic E-state index is -5.23. The van der Waals surface area contributed by atoms with Gasteiger partial charge in [0.15, 0.2) is 17.0 Å². The summed E-state index contributed by atoms with van der Waals surface area (Å²) in [6.07, 6.45) is -11.1. The highest BCUT2D eigenvalue weighted by Gasteiger charge is 2.59. The van der Waals surface area contributed by atoms with E-state index in [0.29, 0.717) is 6.20 Å². The summed E-state index contributed by atoms with van der Waals surface area (Å²) in [6.45, 7) is 2.34. The van der Waals surface area contributed by atoms with E-state index in [-0.39, 0.29) is 21.9 Å². The number of hydrogen-bond donors (Lipinski definition) is 2. The Morgan fingerprint density at radius 1 is 1.15 bits per heavy atom. The molecular weight excluding hydrogens is 564 g/mol. The topological polar surface area (TPSA) is 124 Å². The minimum absolute atomic E-state index is 0.0438. The highest BCUT2D eigenvalue weighted by molar-refractivity contribution is 6.31. The average Bonchev–Trinajstić information content (AvgIpc) is 2.80. The summed E-state index contributed by atoms with van der Waals surface area (Å²) >= 11 is 6.19. The van der Waals surface area contributed by atoms with Crippen molar-refractivity contribution in [3.63, 3.8) is 0 Å². The Bertz CT molecular complexity index is 1450. The number of ether oxygens (including phenoxy) is 2. The molecule has 0 amide bonds. The molecule has 0 spiro atoms. The number of aromatic nitrogens is 3. The van der Waals surface area contributed by atoms with Crippen LogP contribution in [0.5, 0.6) is 17.5 Å². The van der Waals surface area contributed by atoms with E-state index >= 15 is 0 Å². The maximum absolute atomic E-state index is 14.3. The number of aliphatic hydroxyl groups is 1. The van der Waals surface area contributed by atoms with Crippen LogP contribution in [0.1, 0.15) is 35.2 Å². The third kappa shape index (κ3) is 5.93. The maximum Gasteiger partial charge on any atom is 0.511 e. The number of halogens is 7. The lowest BCUT2D eigenvalue weighted by Crippen LogP contribution is -2.47. The summed E-state index contributed by atoms with van der Waals surface area (Å²) in [5.74, 6) is -3.23. The van der Waals surface area contributed by atoms with Crippen LogP contribution in [-0.2, 0) is 18.8 Å². The fourth-order valence-corrected chi connectivity index (χ4v) is 4.11. The van der Waals surface area contributed by atoms with E-state index < -0.39 is 58.6 Å². The van der Waals surface area contributed by atoms with Crippen molar-refractivity contribution >= 4 is 17.8 Å². The third-order valence-corrected chi connectivity index (χ3v) is 6.04. The van der Waals surface area contributed by atoms with Crippen molar-refractivity contribution in [1.82, 2.24) is 14.5 Å². The van der Waals surface area contributed by atoms with Crippen molar-refractivity contribution in [1.29, 1.82) is 0 Å². The number of alkyl halides is 6. The number of nitrogens with zero attached hydrogens (tertiary/aromatic N) is 3. The standard InChI is InChI=1S/C23H18ClF6N3O6/c1-10-6-12(9-33(3)18(10)34)21(37,23(28,29)30)11(2)14-5-4-13(7-15(14)24)38-19-31-8-16(39-20(35)36)17(32-19)22(25,26)27/h4-9,11,37H,1-3H3,(H,35,36). The van der Waals surface area contributed by atoms with Crippen molar-refractivity contribution < 1.29 is 50.8 Å². The number of carboxylic acid groups (broad SMARTS) is 1. The molecule has 0 radical (unpaired) electrons. The van der Waals surface area contributed by atoms with Crippen LogP contribution in [-0.4, -0.2) is 37.1 Å². The number of aryl methyl sites for hydroxylation is 2. The van der Waals surface area contributed by atoms with Gasteiger partial charge >= 0.3 is 24.5 Å². The van der Waals surface area contributed by atoms with E-state index in [9.17, 15) is 41.0 Å². The molecule has 0 saturated heterocycles. The normalized spacial score (nSPS) is 14.4. The van der Waals surface area contributed by atoms with Gasteiger partial charge in [0.1, 0.15) is 5.75 Å². The zero-order valence-electron chi connectivity index (χ0n) is 20.1. The smallest absolute Gasteiger partial charge is 0.449 e. The lowest BCUT2D eigenvalue weighted by Gasteiger charge is -2.37. The molecule has 2 unspecified atom stereocenters. The van der Waals surface area contributed by atoms with E-state index in [4.69, 9.17) is 21.4 Å². The van der Waals surface area contributed by atoms with Crippen molar-refractivity contribution in [2.75, 3.05) is 0 Å². The van der Waals surface area contributed by atoms with Gasteiger partial charge in [-0.1, -0.05) is 24.6 Å². The molecule has 1 aromatic carbocycles. The molecule has 16 heteroatoms. The van der Waals surface area contributed by atoms with Gasteiger partial charge in [-0.25, -0.2) is 4.79 Å². The van der Waals surface area contributed by atoms with E-state index in [2.05, 4.69) is 14.7 Å². The summed E-state index contributed by atoms with van der Waals surface area (Å²) in [4.78, 5) is 29.2. The van der Waals surface area contributed by atoms with Gasteiger partial charge in [-0.15, -0.1) is 0 Å². The molecule has 0 saturated carbocycles. The first-order valence-electron chi connectivity index (χ1n) is 10.7. The maximum atomic E-state index is 14.3. The monoisotopic (exact) mass is 581 g/mol. The van der Waals surface area contributed by atoms with Crippen molar-refractivity contribution in [3.05, 3.63) is 74.4 Å². The molecule has 3 aromatic rings. The van der Waals surface area contributed by atoms with Crippen LogP contribution < -0.4 is 15.0 Å². The Balaban J connectivity index is 2.00. The Morgan fingerprint density at radius 3 is 2.31 bits per heavy atom. The predicted molar refractivity (Wildman–Crippen MR) is 122 cm³/mol. The summed E-state index contributed by atoms with van der Waals surface area (Å²) in [7, 11) is 1.23. The quantitative estimate of drug-likeness (QED) is 0.287. The molecule has 2 heterocycles. The fraction of sp³-hybridized carbons (Fsp3) is 0.304. The zero-order valence-corrected chi connectivity index (χ0v) is 20.8. The molecule has 3 rings (SSSR count). The third-order valence-electron chi connectivity index (χ3n) is 5.71. The van der Waals surface area contributed by atoms with Crippen LogP contribution in [0.25, 0.3) is 0 Å². The number of carbonyl (C=O) groups is 1. The Hall–Kier alpha value is -3.85. The highest BCUT2D eigenvalue weighted by Crippen LogP contribution is 2.50. The SMILES string of the molecule is Cc1cc(C(O)(C(C)c2ccc(Oc3ncc(OC(=O)O)c(C(F)(F)F)n3)cc2Cl)C(F)(F)F)cn(C)c1=O. The van der Waals surface area contributed by atoms with Gasteiger partial charge in [0.05, 0.1) is 6.20 Å². The van der Waals surface area contributed by atoms with Crippen molar-refractivity contribution in [2.24, 2.45) is 7.05 Å². The Labute approximate surface area is 220 Å². The summed E-state index contributed by atoms with van der Waals surface area (Å²) in [6, 6.07) is 3.10. The van der Waals surface area contributed by atoms with Crippen LogP contribution in [0.3, 0.4) is 0 Å². The summed E-state index contributed by atoms with van der Waals surface area (Å²) in [5.41, 5.74) is -6.69. The summed E-state index contributed by atoms with van der Waals surface area (Å²) < 4.78 is 92.7. The van der Waals surface area contributed by atoms with Crippen molar-refractivity contribution in [2.45, 2.75) is 37.7 Å². The Morgan fingerprint density at radius 2 is 1.79 bits per heavy atom. The largest absolute Gasteiger partial charge is 0.511 e. The molecule has 0 bridgehead atoms. The van der Waals surface area contributed by atoms with Gasteiger partial charge in [-0.3, -0.25) is 4.79 Å². The second-order valence-corrected chi connectivity index (χ2v) is 8.74. The highest BCUT2D eigenvalue weighted by atomic mass is 35.5. The molecular formula is C23H18ClF6N3O6. The van der Waals surface area contributed by atoms with Crippen LogP contribution in [0.4, 0.5) is 31.1 Å². The molecule has 0 aliphatic rings. The van der Waals surface area contributed by atoms with Crippen molar-refractivity contribution in [3.8, 4) is 17.5 Å². The number of benzene rings is 1. The van der Waals surface area contributed by atoms with E-state index in [1.54, 1.807) is 0 Å². The van der Waals surface area contributed by atoms with Gasteiger partial charge < -0.3 is 24.3 Å². The lowest BCUT2D eigenvalue weighted by atomic mass is 9.78. The lowest BCUT2D eigenvalue weighted by molar-refractivity contribution is -0.274. The Kier molecular flexibility index (Phi) is 7.90. The van der Waals surface area contributed by atoms with Crippen LogP contribution in [0.2, 0.25) is 5.02 Å². The molecule has 0 fully saturated rings. The van der Waals surface area contributed by atoms with E-state index in [1.807, 2.05) is 0 Å². The van der Waals surface area contributed by atoms with Crippen LogP contribution in [0, 0.1) is 6.92 Å². The fourth-order valence-electron chi connectivity index (χ4n) is 3.77. The van der Waals surface area contributed by atoms with Crippen LogP contribution in [0.15, 0.2) is 41.5 Å². The van der Waals surface area contributed by atoms with Gasteiger partial charge in [0, 0.05) is 35.3 Å². The molecule has 210 valence electrons. The number of pyridine rings is 1. The van der Waals surface area contributed by atoms with Gasteiger partial charge in [0.2, 0.25) is 0 Å². The van der Waals surface area contributed by atoms with E-state index in [0.717, 1.165) is 42.0 Å². The molecule has 0 aliphatic heterocycles. The predicted octanol–water partition coefficient (Wildman–Crippen LogP) is 5.56. The van der Waals surface area contributed by atoms with E-state index in [1.165, 1.54) is 14.0 Å².